The summed E-state index contributed by atoms with van der Waals surface area (Å²) in [5.74, 6) is 0. The third-order valence-corrected chi connectivity index (χ3v) is 4.21. The Balaban J connectivity index is 1.81. The molecule has 0 saturated carbocycles. The van der Waals surface area contributed by atoms with Gasteiger partial charge >= 0.3 is 6.03 Å². The van der Waals surface area contributed by atoms with Crippen molar-refractivity contribution >= 4 is 22.6 Å². The van der Waals surface area contributed by atoms with Gasteiger partial charge in [-0.3, -0.25) is 4.98 Å². The molecular formula is C21H25N5O. The lowest BCUT2D eigenvalue weighted by Gasteiger charge is -2.27. The summed E-state index contributed by atoms with van der Waals surface area (Å²) in [6.07, 6.45) is 4.33. The summed E-state index contributed by atoms with van der Waals surface area (Å²) in [5, 5.41) is 15.2. The average molecular weight is 363 g/mol. The molecule has 2 aromatic heterocycles. The van der Waals surface area contributed by atoms with Crippen LogP contribution in [0.15, 0.2) is 48.8 Å². The highest BCUT2D eigenvalue weighted by atomic mass is 16.2. The van der Waals surface area contributed by atoms with Gasteiger partial charge in [0.05, 0.1) is 22.9 Å². The topological polar surface area (TPSA) is 79.8 Å². The predicted molar refractivity (Wildman–Crippen MR) is 107 cm³/mol. The largest absolute Gasteiger partial charge is 0.331 e. The number of pyridine rings is 1. The fourth-order valence-electron chi connectivity index (χ4n) is 3.03. The van der Waals surface area contributed by atoms with Crippen molar-refractivity contribution in [3.8, 4) is 0 Å². The van der Waals surface area contributed by atoms with Crippen molar-refractivity contribution in [3.63, 3.8) is 0 Å². The lowest BCUT2D eigenvalue weighted by molar-refractivity contribution is 0.241. The highest BCUT2D eigenvalue weighted by Crippen LogP contribution is 2.29. The minimum Gasteiger partial charge on any atom is -0.331 e. The number of aryl methyl sites for hydroxylation is 1. The Morgan fingerprint density at radius 2 is 1.96 bits per heavy atom. The SMILES string of the molecule is Cc1cc2c(NC(=O)N[C@@H](CC(C)(C)C)c3cccnc3)cccc2nn1. The Bertz CT molecular complexity index is 934. The maximum Gasteiger partial charge on any atom is 0.319 e. The molecule has 0 fully saturated rings. The van der Waals surface area contributed by atoms with Crippen LogP contribution in [0.4, 0.5) is 10.5 Å². The smallest absolute Gasteiger partial charge is 0.319 e. The van der Waals surface area contributed by atoms with Crippen LogP contribution in [0.5, 0.6) is 0 Å². The van der Waals surface area contributed by atoms with Gasteiger partial charge in [-0.25, -0.2) is 4.79 Å². The van der Waals surface area contributed by atoms with E-state index in [-0.39, 0.29) is 17.5 Å². The monoisotopic (exact) mass is 363 g/mol. The van der Waals surface area contributed by atoms with Crippen LogP contribution in [0.2, 0.25) is 0 Å². The number of hydrogen-bond acceptors (Lipinski definition) is 4. The summed E-state index contributed by atoms with van der Waals surface area (Å²) in [6.45, 7) is 8.34. The molecule has 2 amide bonds. The summed E-state index contributed by atoms with van der Waals surface area (Å²) in [4.78, 5) is 16.9. The molecule has 140 valence electrons. The highest BCUT2D eigenvalue weighted by Gasteiger charge is 2.22. The molecule has 0 saturated heterocycles. The first-order valence-electron chi connectivity index (χ1n) is 9.02. The molecule has 0 spiro atoms. The number of hydrogen-bond donors (Lipinski definition) is 2. The standard InChI is InChI=1S/C21H25N5O/c1-14-11-16-17(8-5-9-18(16)26-25-14)23-20(27)24-19(12-21(2,3)4)15-7-6-10-22-13-15/h5-11,13,19H,12H2,1-4H3,(H2,23,24,27)/t19-/m0/s1. The van der Waals surface area contributed by atoms with Crippen molar-refractivity contribution in [1.82, 2.24) is 20.5 Å². The summed E-state index contributed by atoms with van der Waals surface area (Å²) < 4.78 is 0. The van der Waals surface area contributed by atoms with E-state index in [1.807, 2.05) is 43.3 Å². The number of fused-ring (bicyclic) bond motifs is 1. The lowest BCUT2D eigenvalue weighted by Crippen LogP contribution is -2.34. The van der Waals surface area contributed by atoms with E-state index < -0.39 is 0 Å². The molecule has 6 heteroatoms. The Morgan fingerprint density at radius 3 is 2.67 bits per heavy atom. The molecule has 0 bridgehead atoms. The van der Waals surface area contributed by atoms with Crippen LogP contribution in [0.1, 0.15) is 44.5 Å². The molecule has 0 aliphatic rings. The number of nitrogens with one attached hydrogen (secondary N) is 2. The maximum atomic E-state index is 12.7. The Kier molecular flexibility index (Phi) is 5.35. The second-order valence-electron chi connectivity index (χ2n) is 7.93. The summed E-state index contributed by atoms with van der Waals surface area (Å²) in [5.41, 5.74) is 3.31. The minimum atomic E-state index is -0.255. The van der Waals surface area contributed by atoms with Crippen molar-refractivity contribution in [2.45, 2.75) is 40.2 Å². The average Bonchev–Trinajstić information content (AvgIpc) is 2.61. The normalized spacial score (nSPS) is 12.6. The van der Waals surface area contributed by atoms with E-state index in [4.69, 9.17) is 0 Å². The molecule has 1 atom stereocenters. The van der Waals surface area contributed by atoms with Gasteiger partial charge in [0.2, 0.25) is 0 Å². The summed E-state index contributed by atoms with van der Waals surface area (Å²) >= 11 is 0. The van der Waals surface area contributed by atoms with E-state index in [2.05, 4.69) is 46.6 Å². The second kappa shape index (κ2) is 7.70. The maximum absolute atomic E-state index is 12.7. The fourth-order valence-corrected chi connectivity index (χ4v) is 3.03. The molecular weight excluding hydrogens is 338 g/mol. The third-order valence-electron chi connectivity index (χ3n) is 4.21. The van der Waals surface area contributed by atoms with Crippen LogP contribution in [0, 0.1) is 12.3 Å². The number of urea groups is 1. The van der Waals surface area contributed by atoms with Gasteiger partial charge in [0.15, 0.2) is 0 Å². The van der Waals surface area contributed by atoms with Gasteiger partial charge in [-0.15, -0.1) is 0 Å². The van der Waals surface area contributed by atoms with Crippen molar-refractivity contribution in [1.29, 1.82) is 0 Å². The van der Waals surface area contributed by atoms with Crippen molar-refractivity contribution < 1.29 is 4.79 Å². The van der Waals surface area contributed by atoms with E-state index in [9.17, 15) is 4.79 Å². The number of carbonyl (C=O) groups is 1. The molecule has 2 heterocycles. The van der Waals surface area contributed by atoms with Crippen molar-refractivity contribution in [2.24, 2.45) is 5.41 Å². The number of anilines is 1. The third kappa shape index (κ3) is 5.00. The Labute approximate surface area is 159 Å². The molecule has 3 aromatic rings. The van der Waals surface area contributed by atoms with Crippen LogP contribution in [0.3, 0.4) is 0 Å². The lowest BCUT2D eigenvalue weighted by atomic mass is 9.86. The molecule has 0 aliphatic carbocycles. The quantitative estimate of drug-likeness (QED) is 0.708. The predicted octanol–water partition coefficient (Wildman–Crippen LogP) is 4.63. The summed E-state index contributed by atoms with van der Waals surface area (Å²) in [6, 6.07) is 11.0. The zero-order valence-electron chi connectivity index (χ0n) is 16.2. The zero-order valence-corrected chi connectivity index (χ0v) is 16.2. The Morgan fingerprint density at radius 1 is 1.15 bits per heavy atom. The van der Waals surface area contributed by atoms with Gasteiger partial charge in [0.25, 0.3) is 0 Å². The van der Waals surface area contributed by atoms with Crippen molar-refractivity contribution in [3.05, 3.63) is 60.0 Å². The molecule has 6 nitrogen and oxygen atoms in total. The van der Waals surface area contributed by atoms with E-state index >= 15 is 0 Å². The van der Waals surface area contributed by atoms with E-state index in [1.54, 1.807) is 12.4 Å². The van der Waals surface area contributed by atoms with Gasteiger partial charge in [0.1, 0.15) is 0 Å². The molecule has 2 N–H and O–H groups in total. The van der Waals surface area contributed by atoms with Crippen LogP contribution in [-0.4, -0.2) is 21.2 Å². The number of nitrogens with zero attached hydrogens (tertiary/aromatic N) is 3. The van der Waals surface area contributed by atoms with Crippen LogP contribution in [-0.2, 0) is 0 Å². The number of aromatic nitrogens is 3. The molecule has 0 radical (unpaired) electrons. The van der Waals surface area contributed by atoms with Crippen LogP contribution >= 0.6 is 0 Å². The van der Waals surface area contributed by atoms with Gasteiger partial charge in [-0.05, 0) is 48.6 Å². The second-order valence-corrected chi connectivity index (χ2v) is 7.93. The number of rotatable bonds is 4. The van der Waals surface area contributed by atoms with Crippen LogP contribution < -0.4 is 10.6 Å². The molecule has 27 heavy (non-hydrogen) atoms. The van der Waals surface area contributed by atoms with Gasteiger partial charge in [-0.1, -0.05) is 32.9 Å². The fraction of sp³-hybridized carbons (Fsp3) is 0.333. The molecule has 3 rings (SSSR count). The molecule has 0 unspecified atom stereocenters. The van der Waals surface area contributed by atoms with Crippen LogP contribution in [0.25, 0.3) is 10.9 Å². The van der Waals surface area contributed by atoms with E-state index in [1.165, 1.54) is 0 Å². The van der Waals surface area contributed by atoms with Gasteiger partial charge in [-0.2, -0.15) is 10.2 Å². The first-order chi connectivity index (χ1) is 12.8. The first-order valence-corrected chi connectivity index (χ1v) is 9.02. The van der Waals surface area contributed by atoms with Gasteiger partial charge < -0.3 is 10.6 Å². The highest BCUT2D eigenvalue weighted by molar-refractivity contribution is 6.00. The minimum absolute atomic E-state index is 0.0555. The Hall–Kier alpha value is -3.02. The zero-order chi connectivity index (χ0) is 19.4. The van der Waals surface area contributed by atoms with E-state index in [0.29, 0.717) is 5.69 Å². The molecule has 0 aliphatic heterocycles. The van der Waals surface area contributed by atoms with Gasteiger partial charge in [0, 0.05) is 17.8 Å². The van der Waals surface area contributed by atoms with E-state index in [0.717, 1.165) is 28.6 Å². The molecule has 1 aromatic carbocycles. The number of amides is 2. The van der Waals surface area contributed by atoms with Crippen molar-refractivity contribution in [2.75, 3.05) is 5.32 Å². The number of benzene rings is 1. The summed E-state index contributed by atoms with van der Waals surface area (Å²) in [7, 11) is 0. The first kappa shape index (κ1) is 18.8. The number of carbonyl (C=O) groups excluding carboxylic acids is 1.